The van der Waals surface area contributed by atoms with E-state index in [1.807, 2.05) is 10.8 Å². The molecule has 17 heavy (non-hydrogen) atoms. The van der Waals surface area contributed by atoms with Crippen LogP contribution in [0, 0.1) is 0 Å². The Hall–Kier alpha value is -2.50. The number of pyridine rings is 1. The summed E-state index contributed by atoms with van der Waals surface area (Å²) in [6, 6.07) is 1.80. The van der Waals surface area contributed by atoms with E-state index in [0.29, 0.717) is 17.0 Å². The predicted octanol–water partition coefficient (Wildman–Crippen LogP) is 1.22. The van der Waals surface area contributed by atoms with Crippen molar-refractivity contribution in [3.8, 4) is 11.6 Å². The number of nitrogens with zero attached hydrogens (tertiary/aromatic N) is 5. The lowest BCUT2D eigenvalue weighted by Crippen LogP contribution is -1.99. The molecule has 3 rings (SSSR count). The van der Waals surface area contributed by atoms with Crippen LogP contribution in [0.2, 0.25) is 0 Å². The van der Waals surface area contributed by atoms with Crippen LogP contribution in [0.4, 0.5) is 0 Å². The molecule has 0 unspecified atom stereocenters. The number of imidazole rings is 1. The van der Waals surface area contributed by atoms with Crippen molar-refractivity contribution in [2.24, 2.45) is 0 Å². The number of hydrogen-bond acceptors (Lipinski definition) is 5. The molecule has 84 valence electrons. The van der Waals surface area contributed by atoms with E-state index in [0.717, 1.165) is 5.69 Å². The van der Waals surface area contributed by atoms with Gasteiger partial charge in [-0.3, -0.25) is 0 Å². The van der Waals surface area contributed by atoms with Gasteiger partial charge in [-0.1, -0.05) is 0 Å². The van der Waals surface area contributed by atoms with Gasteiger partial charge < -0.3 is 9.30 Å². The first-order valence-corrected chi connectivity index (χ1v) is 5.02. The summed E-state index contributed by atoms with van der Waals surface area (Å²) in [5.74, 6) is 0.502. The number of ether oxygens (including phenoxy) is 1. The van der Waals surface area contributed by atoms with E-state index < -0.39 is 0 Å². The molecule has 0 aliphatic rings. The van der Waals surface area contributed by atoms with Crippen molar-refractivity contribution < 1.29 is 4.74 Å². The van der Waals surface area contributed by atoms with Gasteiger partial charge in [0.2, 0.25) is 5.88 Å². The highest BCUT2D eigenvalue weighted by Crippen LogP contribution is 2.21. The minimum Gasteiger partial charge on any atom is -0.481 e. The maximum Gasteiger partial charge on any atom is 0.217 e. The van der Waals surface area contributed by atoms with Gasteiger partial charge in [-0.15, -0.1) is 0 Å². The van der Waals surface area contributed by atoms with Crippen LogP contribution >= 0.6 is 0 Å². The van der Waals surface area contributed by atoms with E-state index >= 15 is 0 Å². The van der Waals surface area contributed by atoms with Crippen LogP contribution in [0.3, 0.4) is 0 Å². The van der Waals surface area contributed by atoms with E-state index in [9.17, 15) is 0 Å². The van der Waals surface area contributed by atoms with Crippen molar-refractivity contribution in [3.05, 3.63) is 37.2 Å². The Labute approximate surface area is 96.9 Å². The average Bonchev–Trinajstić information content (AvgIpc) is 2.91. The molecule has 0 spiro atoms. The van der Waals surface area contributed by atoms with Gasteiger partial charge in [-0.25, -0.2) is 15.0 Å². The Bertz CT molecular complexity index is 650. The lowest BCUT2D eigenvalue weighted by Gasteiger charge is -2.07. The summed E-state index contributed by atoms with van der Waals surface area (Å²) < 4.78 is 7.00. The van der Waals surface area contributed by atoms with Gasteiger partial charge in [0.15, 0.2) is 5.65 Å². The van der Waals surface area contributed by atoms with Gasteiger partial charge in [0.25, 0.3) is 0 Å². The molecule has 3 heterocycles. The van der Waals surface area contributed by atoms with E-state index in [1.165, 1.54) is 0 Å². The van der Waals surface area contributed by atoms with Crippen LogP contribution < -0.4 is 4.74 Å². The molecule has 6 heteroatoms. The van der Waals surface area contributed by atoms with Crippen LogP contribution in [-0.2, 0) is 0 Å². The van der Waals surface area contributed by atoms with Gasteiger partial charge in [0, 0.05) is 30.9 Å². The Morgan fingerprint density at radius 3 is 2.82 bits per heavy atom. The monoisotopic (exact) mass is 227 g/mol. The van der Waals surface area contributed by atoms with Crippen LogP contribution in [0.1, 0.15) is 0 Å². The van der Waals surface area contributed by atoms with Crippen molar-refractivity contribution >= 4 is 11.2 Å². The lowest BCUT2D eigenvalue weighted by atomic mass is 10.3. The molecule has 0 aromatic carbocycles. The fraction of sp³-hybridized carbons (Fsp3) is 0.0909. The van der Waals surface area contributed by atoms with Gasteiger partial charge in [-0.2, -0.15) is 4.98 Å². The summed E-state index contributed by atoms with van der Waals surface area (Å²) in [5, 5.41) is 0. The van der Waals surface area contributed by atoms with E-state index in [-0.39, 0.29) is 0 Å². The van der Waals surface area contributed by atoms with Crippen LogP contribution in [0.5, 0.6) is 5.88 Å². The minimum absolute atomic E-state index is 0.502. The molecule has 0 saturated carbocycles. The van der Waals surface area contributed by atoms with Crippen molar-refractivity contribution in [2.75, 3.05) is 7.11 Å². The Kier molecular flexibility index (Phi) is 2.18. The predicted molar refractivity (Wildman–Crippen MR) is 61.0 cm³/mol. The molecular formula is C11H9N5O. The van der Waals surface area contributed by atoms with Crippen LogP contribution in [0.15, 0.2) is 37.2 Å². The second-order valence-electron chi connectivity index (χ2n) is 3.38. The fourth-order valence-electron chi connectivity index (χ4n) is 1.62. The highest BCUT2D eigenvalue weighted by atomic mass is 16.5. The van der Waals surface area contributed by atoms with Crippen LogP contribution in [-0.4, -0.2) is 31.6 Å². The molecule has 0 radical (unpaired) electrons. The number of fused-ring (bicyclic) bond motifs is 1. The fourth-order valence-corrected chi connectivity index (χ4v) is 1.62. The molecule has 0 aliphatic heterocycles. The third-order valence-electron chi connectivity index (χ3n) is 2.39. The third-order valence-corrected chi connectivity index (χ3v) is 2.39. The first kappa shape index (κ1) is 9.71. The summed E-state index contributed by atoms with van der Waals surface area (Å²) in [6.07, 6.45) is 8.48. The summed E-state index contributed by atoms with van der Waals surface area (Å²) in [4.78, 5) is 16.7. The zero-order valence-electron chi connectivity index (χ0n) is 9.11. The quantitative estimate of drug-likeness (QED) is 0.658. The van der Waals surface area contributed by atoms with E-state index in [1.54, 1.807) is 38.1 Å². The van der Waals surface area contributed by atoms with Crippen molar-refractivity contribution in [3.63, 3.8) is 0 Å². The van der Waals surface area contributed by atoms with Crippen molar-refractivity contribution in [1.29, 1.82) is 0 Å². The van der Waals surface area contributed by atoms with Gasteiger partial charge in [0.05, 0.1) is 19.1 Å². The molecule has 6 nitrogen and oxygen atoms in total. The first-order chi connectivity index (χ1) is 8.38. The molecule has 0 saturated heterocycles. The largest absolute Gasteiger partial charge is 0.481 e. The molecule has 0 bridgehead atoms. The van der Waals surface area contributed by atoms with Crippen molar-refractivity contribution in [2.45, 2.75) is 0 Å². The SMILES string of the molecule is COc1cc(-n2ccnc2)c2nccnc2n1. The van der Waals surface area contributed by atoms with E-state index in [4.69, 9.17) is 4.74 Å². The normalized spacial score (nSPS) is 10.6. The molecule has 0 aliphatic carbocycles. The summed E-state index contributed by atoms with van der Waals surface area (Å²) in [7, 11) is 1.57. The second-order valence-corrected chi connectivity index (χ2v) is 3.38. The first-order valence-electron chi connectivity index (χ1n) is 5.02. The van der Waals surface area contributed by atoms with E-state index in [2.05, 4.69) is 19.9 Å². The Balaban J connectivity index is 2.35. The Morgan fingerprint density at radius 2 is 2.06 bits per heavy atom. The average molecular weight is 227 g/mol. The molecular weight excluding hydrogens is 218 g/mol. The minimum atomic E-state index is 0.502. The third kappa shape index (κ3) is 1.59. The van der Waals surface area contributed by atoms with Gasteiger partial charge >= 0.3 is 0 Å². The van der Waals surface area contributed by atoms with Crippen molar-refractivity contribution in [1.82, 2.24) is 24.5 Å². The smallest absolute Gasteiger partial charge is 0.217 e. The Morgan fingerprint density at radius 1 is 1.18 bits per heavy atom. The molecule has 3 aromatic heterocycles. The molecule has 0 fully saturated rings. The molecule has 0 N–H and O–H groups in total. The number of rotatable bonds is 2. The number of hydrogen-bond donors (Lipinski definition) is 0. The zero-order valence-corrected chi connectivity index (χ0v) is 9.11. The molecule has 0 amide bonds. The molecule has 3 aromatic rings. The number of aromatic nitrogens is 5. The van der Waals surface area contributed by atoms with Gasteiger partial charge in [0.1, 0.15) is 5.52 Å². The van der Waals surface area contributed by atoms with Crippen LogP contribution in [0.25, 0.3) is 16.9 Å². The highest BCUT2D eigenvalue weighted by Gasteiger charge is 2.09. The lowest BCUT2D eigenvalue weighted by molar-refractivity contribution is 0.399. The standard InChI is InChI=1S/C11H9N5O/c1-17-9-6-8(16-5-4-12-7-16)10-11(15-9)14-3-2-13-10/h2-7H,1H3. The molecule has 0 atom stereocenters. The maximum atomic E-state index is 5.15. The zero-order chi connectivity index (χ0) is 11.7. The van der Waals surface area contributed by atoms with Gasteiger partial charge in [-0.05, 0) is 0 Å². The second kappa shape index (κ2) is 3.82. The summed E-state index contributed by atoms with van der Waals surface area (Å²) in [6.45, 7) is 0. The summed E-state index contributed by atoms with van der Waals surface area (Å²) in [5.41, 5.74) is 2.11. The number of methoxy groups -OCH3 is 1. The maximum absolute atomic E-state index is 5.15. The topological polar surface area (TPSA) is 65.7 Å². The summed E-state index contributed by atoms with van der Waals surface area (Å²) >= 11 is 0. The highest BCUT2D eigenvalue weighted by molar-refractivity contribution is 5.80.